The van der Waals surface area contributed by atoms with Crippen LogP contribution < -0.4 is 5.73 Å². The second-order valence-corrected chi connectivity index (χ2v) is 5.17. The van der Waals surface area contributed by atoms with Gasteiger partial charge in [0.25, 0.3) is 0 Å². The van der Waals surface area contributed by atoms with E-state index in [4.69, 9.17) is 5.73 Å². The van der Waals surface area contributed by atoms with E-state index in [0.717, 1.165) is 11.3 Å². The molecule has 2 N–H and O–H groups in total. The molecule has 3 aromatic rings. The van der Waals surface area contributed by atoms with Crippen molar-refractivity contribution in [2.75, 3.05) is 12.4 Å². The van der Waals surface area contributed by atoms with Crippen LogP contribution in [0.25, 0.3) is 16.2 Å². The van der Waals surface area contributed by atoms with Gasteiger partial charge < -0.3 is 5.73 Å². The van der Waals surface area contributed by atoms with Crippen LogP contribution >= 0.6 is 11.3 Å². The lowest BCUT2D eigenvalue weighted by atomic mass is 10.2. The summed E-state index contributed by atoms with van der Waals surface area (Å²) in [4.78, 5) is 7.83. The van der Waals surface area contributed by atoms with Crippen LogP contribution in [0.4, 0.5) is 18.3 Å². The van der Waals surface area contributed by atoms with Crippen molar-refractivity contribution in [3.63, 3.8) is 0 Å². The van der Waals surface area contributed by atoms with E-state index in [1.165, 1.54) is 6.20 Å². The average Bonchev–Trinajstić information content (AvgIpc) is 3.02. The van der Waals surface area contributed by atoms with Gasteiger partial charge in [-0.1, -0.05) is 17.4 Å². The molecule has 0 aliphatic rings. The van der Waals surface area contributed by atoms with E-state index < -0.39 is 18.3 Å². The molecule has 104 valence electrons. The van der Waals surface area contributed by atoms with E-state index in [-0.39, 0.29) is 10.0 Å². The zero-order valence-corrected chi connectivity index (χ0v) is 10.9. The normalized spacial score (nSPS) is 12.2. The lowest BCUT2D eigenvalue weighted by Gasteiger charge is -2.11. The van der Waals surface area contributed by atoms with E-state index in [0.29, 0.717) is 11.3 Å². The highest BCUT2D eigenvalue weighted by Gasteiger charge is 2.38. The van der Waals surface area contributed by atoms with Gasteiger partial charge in [-0.25, -0.2) is 14.4 Å². The molecule has 0 amide bonds. The minimum atomic E-state index is -3.66. The molecule has 0 saturated heterocycles. The second-order valence-electron chi connectivity index (χ2n) is 4.14. The van der Waals surface area contributed by atoms with Gasteiger partial charge in [0.1, 0.15) is 11.3 Å². The number of hydrogen-bond acceptors (Lipinski definition) is 4. The van der Waals surface area contributed by atoms with Gasteiger partial charge in [-0.3, -0.25) is 4.40 Å². The largest absolute Gasteiger partial charge is 0.375 e. The molecule has 0 spiro atoms. The monoisotopic (exact) mass is 298 g/mol. The summed E-state index contributed by atoms with van der Waals surface area (Å²) in [5, 5.41) is -0.0333. The van der Waals surface area contributed by atoms with Crippen LogP contribution in [0.5, 0.6) is 0 Å². The van der Waals surface area contributed by atoms with E-state index in [9.17, 15) is 13.2 Å². The Labute approximate surface area is 115 Å². The Bertz CT molecular complexity index is 765. The van der Waals surface area contributed by atoms with E-state index in [1.807, 2.05) is 0 Å². The maximum atomic E-state index is 13.6. The van der Waals surface area contributed by atoms with Crippen molar-refractivity contribution >= 4 is 22.1 Å². The van der Waals surface area contributed by atoms with Crippen LogP contribution in [-0.2, 0) is 5.92 Å². The highest BCUT2D eigenvalue weighted by Crippen LogP contribution is 2.40. The van der Waals surface area contributed by atoms with Crippen LogP contribution in [0.1, 0.15) is 5.69 Å². The van der Waals surface area contributed by atoms with Crippen LogP contribution in [0.3, 0.4) is 0 Å². The Kier molecular flexibility index (Phi) is 2.89. The molecule has 20 heavy (non-hydrogen) atoms. The third-order valence-corrected chi connectivity index (χ3v) is 3.71. The van der Waals surface area contributed by atoms with Crippen molar-refractivity contribution in [1.82, 2.24) is 14.4 Å². The molecule has 3 rings (SSSR count). The molecular formula is C12H9F3N4S. The van der Waals surface area contributed by atoms with Crippen LogP contribution in [0, 0.1) is 0 Å². The summed E-state index contributed by atoms with van der Waals surface area (Å²) in [5.74, 6) is -3.66. The summed E-state index contributed by atoms with van der Waals surface area (Å²) in [6.45, 7) is -1.82. The number of anilines is 1. The second kappa shape index (κ2) is 4.48. The first-order chi connectivity index (χ1) is 9.53. The Balaban J connectivity index is 2.25. The van der Waals surface area contributed by atoms with Crippen molar-refractivity contribution in [1.29, 1.82) is 0 Å². The first kappa shape index (κ1) is 12.9. The van der Waals surface area contributed by atoms with Gasteiger partial charge in [-0.05, 0) is 12.1 Å². The summed E-state index contributed by atoms with van der Waals surface area (Å²) < 4.78 is 41.5. The summed E-state index contributed by atoms with van der Waals surface area (Å²) in [6, 6.07) is 5.26. The third kappa shape index (κ3) is 1.92. The number of halogens is 3. The number of thiazole rings is 1. The quantitative estimate of drug-likeness (QED) is 0.808. The van der Waals surface area contributed by atoms with E-state index >= 15 is 0 Å². The summed E-state index contributed by atoms with van der Waals surface area (Å²) >= 11 is 0.888. The lowest BCUT2D eigenvalue weighted by Crippen LogP contribution is -2.17. The molecule has 0 aliphatic heterocycles. The van der Waals surface area contributed by atoms with Crippen LogP contribution in [0.15, 0.2) is 30.6 Å². The molecule has 0 saturated carbocycles. The summed E-state index contributed by atoms with van der Waals surface area (Å²) in [5.41, 5.74) is 5.87. The van der Waals surface area contributed by atoms with Gasteiger partial charge in [0.2, 0.25) is 0 Å². The van der Waals surface area contributed by atoms with E-state index in [1.54, 1.807) is 28.8 Å². The lowest BCUT2D eigenvalue weighted by molar-refractivity contribution is -0.0310. The Morgan fingerprint density at radius 2 is 2.15 bits per heavy atom. The van der Waals surface area contributed by atoms with Gasteiger partial charge in [0.05, 0.1) is 16.8 Å². The van der Waals surface area contributed by atoms with Gasteiger partial charge >= 0.3 is 5.92 Å². The van der Waals surface area contributed by atoms with Crippen LogP contribution in [0.2, 0.25) is 0 Å². The fraction of sp³-hybridized carbons (Fsp3) is 0.167. The minimum absolute atomic E-state index is 0.0333. The predicted octanol–water partition coefficient (Wildman–Crippen LogP) is 3.10. The van der Waals surface area contributed by atoms with E-state index in [2.05, 4.69) is 9.97 Å². The fourth-order valence-electron chi connectivity index (χ4n) is 1.92. The number of aromatic nitrogens is 3. The molecule has 0 aliphatic carbocycles. The van der Waals surface area contributed by atoms with Crippen molar-refractivity contribution in [3.05, 3.63) is 36.3 Å². The first-order valence-corrected chi connectivity index (χ1v) is 6.47. The molecule has 3 aromatic heterocycles. The van der Waals surface area contributed by atoms with Crippen molar-refractivity contribution in [2.45, 2.75) is 5.92 Å². The number of pyridine rings is 1. The molecule has 0 aromatic carbocycles. The predicted molar refractivity (Wildman–Crippen MR) is 70.6 cm³/mol. The van der Waals surface area contributed by atoms with Gasteiger partial charge in [0, 0.05) is 6.20 Å². The maximum Gasteiger partial charge on any atom is 0.319 e. The molecule has 0 fully saturated rings. The number of nitrogens with zero attached hydrogens (tertiary/aromatic N) is 3. The topological polar surface area (TPSA) is 56.2 Å². The number of nitrogens with two attached hydrogens (primary N) is 1. The smallest absolute Gasteiger partial charge is 0.319 e. The number of imidazole rings is 1. The number of alkyl halides is 3. The van der Waals surface area contributed by atoms with Gasteiger partial charge in [0.15, 0.2) is 11.8 Å². The molecule has 4 nitrogen and oxygen atoms in total. The number of rotatable bonds is 3. The molecule has 0 atom stereocenters. The highest BCUT2D eigenvalue weighted by molar-refractivity contribution is 7.18. The fourth-order valence-corrected chi connectivity index (χ4v) is 2.82. The number of nitrogen functional groups attached to an aromatic ring is 1. The number of hydrogen-bond donors (Lipinski definition) is 1. The molecule has 0 radical (unpaired) electrons. The van der Waals surface area contributed by atoms with Crippen molar-refractivity contribution < 1.29 is 13.2 Å². The van der Waals surface area contributed by atoms with Crippen LogP contribution in [-0.4, -0.2) is 21.0 Å². The van der Waals surface area contributed by atoms with Crippen molar-refractivity contribution in [3.8, 4) is 10.6 Å². The molecule has 8 heteroatoms. The summed E-state index contributed by atoms with van der Waals surface area (Å²) in [6.07, 6.45) is 3.13. The van der Waals surface area contributed by atoms with Crippen molar-refractivity contribution in [2.24, 2.45) is 0 Å². The standard InChI is InChI=1S/C12H9F3N4S/c13-6-12(14,15)10-9(20-11(16)18-10)7-5-17-8-3-1-2-4-19(7)8/h1-5H,6H2,(H2,16,18). The zero-order chi connectivity index (χ0) is 14.3. The number of fused-ring (bicyclic) bond motifs is 1. The third-order valence-electron chi connectivity index (χ3n) is 2.81. The Morgan fingerprint density at radius 3 is 2.90 bits per heavy atom. The molecule has 0 unspecified atom stereocenters. The maximum absolute atomic E-state index is 13.6. The first-order valence-electron chi connectivity index (χ1n) is 5.66. The molecular weight excluding hydrogens is 289 g/mol. The molecule has 0 bridgehead atoms. The average molecular weight is 298 g/mol. The zero-order valence-electron chi connectivity index (χ0n) is 10.1. The highest BCUT2D eigenvalue weighted by atomic mass is 32.1. The Hall–Kier alpha value is -2.09. The summed E-state index contributed by atoms with van der Waals surface area (Å²) in [7, 11) is 0. The van der Waals surface area contributed by atoms with Gasteiger partial charge in [-0.15, -0.1) is 0 Å². The van der Waals surface area contributed by atoms with Gasteiger partial charge in [-0.2, -0.15) is 8.78 Å². The molecule has 3 heterocycles. The Morgan fingerprint density at radius 1 is 1.35 bits per heavy atom. The minimum Gasteiger partial charge on any atom is -0.375 e. The SMILES string of the molecule is Nc1nc(C(F)(F)CF)c(-c2cnc3ccccn23)s1.